The third kappa shape index (κ3) is 2.52. The summed E-state index contributed by atoms with van der Waals surface area (Å²) in [6.07, 6.45) is -0.725. The molecule has 3 nitrogen and oxygen atoms in total. The lowest BCUT2D eigenvalue weighted by molar-refractivity contribution is -0.138. The number of hydrogen-bond donors (Lipinski definition) is 1. The molecule has 0 spiro atoms. The Kier molecular flexibility index (Phi) is 3.01. The molecule has 0 atom stereocenters. The van der Waals surface area contributed by atoms with Crippen LogP contribution in [0.5, 0.6) is 0 Å². The summed E-state index contributed by atoms with van der Waals surface area (Å²) in [4.78, 5) is 11.5. The number of hydrogen-bond acceptors (Lipinski definition) is 2. The number of pyridine rings is 1. The molecule has 1 aromatic heterocycles. The molecule has 1 fully saturated rings. The van der Waals surface area contributed by atoms with Gasteiger partial charge in [0.1, 0.15) is 0 Å². The van der Waals surface area contributed by atoms with Crippen molar-refractivity contribution in [1.29, 1.82) is 0 Å². The third-order valence-electron chi connectivity index (χ3n) is 3.30. The van der Waals surface area contributed by atoms with Crippen LogP contribution in [-0.4, -0.2) is 9.94 Å². The fourth-order valence-corrected chi connectivity index (χ4v) is 2.37. The van der Waals surface area contributed by atoms with Gasteiger partial charge < -0.3 is 5.21 Å². The minimum atomic E-state index is -4.76. The molecule has 0 bridgehead atoms. The minimum absolute atomic E-state index is 0.0342. The molecule has 0 amide bonds. The zero-order valence-electron chi connectivity index (χ0n) is 10.6. The lowest BCUT2D eigenvalue weighted by Crippen LogP contribution is -2.26. The van der Waals surface area contributed by atoms with Crippen LogP contribution in [0, 0.1) is 0 Å². The highest BCUT2D eigenvalue weighted by Gasteiger charge is 2.33. The molecule has 0 unspecified atom stereocenters. The Hall–Kier alpha value is -1.46. The summed E-state index contributed by atoms with van der Waals surface area (Å²) >= 11 is 0. The van der Waals surface area contributed by atoms with Crippen molar-refractivity contribution >= 4 is 0 Å². The van der Waals surface area contributed by atoms with Gasteiger partial charge >= 0.3 is 6.18 Å². The van der Waals surface area contributed by atoms with E-state index < -0.39 is 23.3 Å². The quantitative estimate of drug-likeness (QED) is 0.790. The van der Waals surface area contributed by atoms with Crippen LogP contribution in [0.15, 0.2) is 16.9 Å². The molecule has 0 aromatic carbocycles. The number of rotatable bonds is 1. The van der Waals surface area contributed by atoms with Crippen LogP contribution in [0.4, 0.5) is 13.2 Å². The van der Waals surface area contributed by atoms with E-state index in [4.69, 9.17) is 1.37 Å². The highest BCUT2D eigenvalue weighted by Crippen LogP contribution is 2.35. The van der Waals surface area contributed by atoms with Gasteiger partial charge in [0.05, 0.1) is 12.6 Å². The third-order valence-corrected chi connectivity index (χ3v) is 3.30. The summed E-state index contributed by atoms with van der Waals surface area (Å²) in [5, 5.41) is 9.64. The molecule has 0 radical (unpaired) electrons. The molecule has 1 heterocycles. The second kappa shape index (κ2) is 4.66. The summed E-state index contributed by atoms with van der Waals surface area (Å²) in [5.74, 6) is -0.256. The van der Waals surface area contributed by atoms with Crippen molar-refractivity contribution in [3.05, 3.63) is 33.7 Å². The summed E-state index contributed by atoms with van der Waals surface area (Å²) < 4.78 is 45.7. The summed E-state index contributed by atoms with van der Waals surface area (Å²) in [7, 11) is 0. The van der Waals surface area contributed by atoms with Gasteiger partial charge in [0.2, 0.25) is 0 Å². The lowest BCUT2D eigenvalue weighted by atomic mass is 9.86. The van der Waals surface area contributed by atoms with Gasteiger partial charge in [0.25, 0.3) is 5.56 Å². The van der Waals surface area contributed by atoms with Gasteiger partial charge in [-0.25, -0.2) is 0 Å². The van der Waals surface area contributed by atoms with E-state index in [0.29, 0.717) is 12.8 Å². The van der Waals surface area contributed by atoms with Crippen LogP contribution in [0.3, 0.4) is 0 Å². The number of halogens is 3. The van der Waals surface area contributed by atoms with Gasteiger partial charge in [0.15, 0.2) is 0 Å². The maximum Gasteiger partial charge on any atom is 0.416 e. The highest BCUT2D eigenvalue weighted by molar-refractivity contribution is 5.23. The van der Waals surface area contributed by atoms with Crippen molar-refractivity contribution in [1.82, 2.24) is 4.73 Å². The maximum absolute atomic E-state index is 12.8. The Labute approximate surface area is 103 Å². The minimum Gasteiger partial charge on any atom is -0.425 e. The lowest BCUT2D eigenvalue weighted by Gasteiger charge is -2.23. The van der Waals surface area contributed by atoms with Crippen molar-refractivity contribution in [3.63, 3.8) is 0 Å². The SMILES string of the molecule is [2H]c1c(C(F)(F)F)cc(C2CCCCC2)n(O)c1=O. The van der Waals surface area contributed by atoms with E-state index in [1.807, 2.05) is 0 Å². The van der Waals surface area contributed by atoms with Gasteiger partial charge in [-0.1, -0.05) is 19.3 Å². The van der Waals surface area contributed by atoms with Crippen molar-refractivity contribution < 1.29 is 19.7 Å². The first-order valence-electron chi connectivity index (χ1n) is 6.35. The standard InChI is InChI=1S/C12H14F3NO2/c13-12(14,15)9-6-10(16(18)11(17)7-9)8-4-2-1-3-5-8/h6-8,18H,1-5H2/i7D. The van der Waals surface area contributed by atoms with Gasteiger partial charge in [-0.3, -0.25) is 4.79 Å². The summed E-state index contributed by atoms with van der Waals surface area (Å²) in [6.45, 7) is 0. The van der Waals surface area contributed by atoms with E-state index in [-0.39, 0.29) is 16.3 Å². The molecule has 6 heteroatoms. The topological polar surface area (TPSA) is 42.2 Å². The molecule has 1 aliphatic carbocycles. The molecular weight excluding hydrogens is 247 g/mol. The summed E-state index contributed by atoms with van der Waals surface area (Å²) in [6, 6.07) is -0.478. The Morgan fingerprint density at radius 1 is 1.33 bits per heavy atom. The molecule has 1 aromatic rings. The van der Waals surface area contributed by atoms with Crippen LogP contribution in [-0.2, 0) is 6.18 Å². The predicted molar refractivity (Wildman–Crippen MR) is 58.7 cm³/mol. The number of nitrogens with zero attached hydrogens (tertiary/aromatic N) is 1. The molecule has 1 aliphatic rings. The Balaban J connectivity index is 2.55. The Morgan fingerprint density at radius 2 is 1.94 bits per heavy atom. The second-order valence-electron chi connectivity index (χ2n) is 4.56. The molecule has 1 saturated carbocycles. The average Bonchev–Trinajstić information content (AvgIpc) is 2.36. The zero-order valence-corrected chi connectivity index (χ0v) is 9.63. The van der Waals surface area contributed by atoms with E-state index in [9.17, 15) is 23.2 Å². The molecule has 0 aliphatic heterocycles. The van der Waals surface area contributed by atoms with Gasteiger partial charge in [-0.05, 0) is 18.9 Å². The molecular formula is C12H14F3NO2. The monoisotopic (exact) mass is 262 g/mol. The first kappa shape index (κ1) is 11.6. The largest absolute Gasteiger partial charge is 0.425 e. The number of alkyl halides is 3. The van der Waals surface area contributed by atoms with E-state index in [1.54, 1.807) is 0 Å². The molecule has 1 N–H and O–H groups in total. The molecule has 2 rings (SSSR count). The fourth-order valence-electron chi connectivity index (χ4n) is 2.37. The van der Waals surface area contributed by atoms with Crippen LogP contribution in [0.2, 0.25) is 0 Å². The van der Waals surface area contributed by atoms with E-state index in [1.165, 1.54) is 0 Å². The Bertz CT molecular complexity index is 533. The first-order valence-corrected chi connectivity index (χ1v) is 5.85. The molecule has 100 valence electrons. The second-order valence-corrected chi connectivity index (χ2v) is 4.56. The smallest absolute Gasteiger partial charge is 0.416 e. The van der Waals surface area contributed by atoms with Crippen molar-refractivity contribution in [2.45, 2.75) is 44.2 Å². The normalized spacial score (nSPS) is 18.7. The van der Waals surface area contributed by atoms with Crippen LogP contribution < -0.4 is 5.56 Å². The number of aromatic nitrogens is 1. The van der Waals surface area contributed by atoms with E-state index in [2.05, 4.69) is 0 Å². The van der Waals surface area contributed by atoms with Crippen molar-refractivity contribution in [2.75, 3.05) is 0 Å². The summed E-state index contributed by atoms with van der Waals surface area (Å²) in [5.41, 5.74) is -2.62. The van der Waals surface area contributed by atoms with Crippen LogP contribution in [0.25, 0.3) is 0 Å². The highest BCUT2D eigenvalue weighted by atomic mass is 19.4. The predicted octanol–water partition coefficient (Wildman–Crippen LogP) is 3.15. The van der Waals surface area contributed by atoms with Crippen LogP contribution >= 0.6 is 0 Å². The van der Waals surface area contributed by atoms with Gasteiger partial charge in [0, 0.05) is 12.0 Å². The van der Waals surface area contributed by atoms with Crippen LogP contribution in [0.1, 0.15) is 50.7 Å². The fraction of sp³-hybridized carbons (Fsp3) is 0.583. The van der Waals surface area contributed by atoms with Gasteiger partial charge in [-0.2, -0.15) is 17.9 Å². The van der Waals surface area contributed by atoms with E-state index >= 15 is 0 Å². The molecule has 0 saturated heterocycles. The Morgan fingerprint density at radius 3 is 2.50 bits per heavy atom. The van der Waals surface area contributed by atoms with Crippen molar-refractivity contribution in [2.24, 2.45) is 0 Å². The average molecular weight is 262 g/mol. The maximum atomic E-state index is 12.8. The molecule has 18 heavy (non-hydrogen) atoms. The zero-order chi connectivity index (χ0) is 14.2. The van der Waals surface area contributed by atoms with Crippen molar-refractivity contribution in [3.8, 4) is 0 Å². The van der Waals surface area contributed by atoms with Gasteiger partial charge in [-0.15, -0.1) is 0 Å². The van der Waals surface area contributed by atoms with E-state index in [0.717, 1.165) is 25.3 Å². The first-order chi connectivity index (χ1) is 8.82.